The van der Waals surface area contributed by atoms with Crippen molar-refractivity contribution in [2.24, 2.45) is 5.92 Å². The van der Waals surface area contributed by atoms with Crippen molar-refractivity contribution in [1.29, 1.82) is 0 Å². The summed E-state index contributed by atoms with van der Waals surface area (Å²) in [5.74, 6) is -0.143. The van der Waals surface area contributed by atoms with Gasteiger partial charge in [-0.3, -0.25) is 9.59 Å². The van der Waals surface area contributed by atoms with E-state index in [0.29, 0.717) is 30.9 Å². The highest BCUT2D eigenvalue weighted by Crippen LogP contribution is 2.18. The maximum Gasteiger partial charge on any atom is 0.270 e. The summed E-state index contributed by atoms with van der Waals surface area (Å²) in [5, 5.41) is 0. The van der Waals surface area contributed by atoms with Gasteiger partial charge in [0, 0.05) is 31.4 Å². The molecular formula is C14H21N3O4S. The number of carbonyl (C=O) groups excluding carboxylic acids is 2. The molecule has 22 heavy (non-hydrogen) atoms. The molecule has 0 unspecified atom stereocenters. The minimum absolute atomic E-state index is 0.0934. The third kappa shape index (κ3) is 4.41. The Kier molecular flexibility index (Phi) is 5.02. The molecule has 1 saturated heterocycles. The van der Waals surface area contributed by atoms with Crippen LogP contribution in [0.4, 0.5) is 0 Å². The summed E-state index contributed by atoms with van der Waals surface area (Å²) in [7, 11) is -3.22. The Labute approximate surface area is 130 Å². The lowest BCUT2D eigenvalue weighted by Crippen LogP contribution is -2.43. The molecule has 8 heteroatoms. The molecule has 1 fully saturated rings. The van der Waals surface area contributed by atoms with Crippen molar-refractivity contribution < 1.29 is 18.0 Å². The average molecular weight is 327 g/mol. The number of nitrogens with zero attached hydrogens (tertiary/aromatic N) is 1. The van der Waals surface area contributed by atoms with Crippen LogP contribution in [0.5, 0.6) is 0 Å². The quantitative estimate of drug-likeness (QED) is 0.774. The van der Waals surface area contributed by atoms with Crippen LogP contribution in [-0.4, -0.2) is 55.9 Å². The van der Waals surface area contributed by atoms with Crippen LogP contribution >= 0.6 is 0 Å². The van der Waals surface area contributed by atoms with Crippen LogP contribution in [-0.2, 0) is 10.0 Å². The molecule has 0 aliphatic carbocycles. The number of rotatable bonds is 5. The van der Waals surface area contributed by atoms with Gasteiger partial charge in [0.1, 0.15) is 5.69 Å². The number of likely N-dealkylation sites (tertiary alicyclic amines) is 1. The van der Waals surface area contributed by atoms with E-state index in [1.807, 2.05) is 0 Å². The highest BCUT2D eigenvalue weighted by Gasteiger charge is 2.26. The van der Waals surface area contributed by atoms with Gasteiger partial charge in [0.25, 0.3) is 5.91 Å². The lowest BCUT2D eigenvalue weighted by atomic mass is 9.98. The Bertz CT molecular complexity index is 665. The molecule has 7 nitrogen and oxygen atoms in total. The molecule has 1 aromatic heterocycles. The number of amides is 1. The number of nitrogens with one attached hydrogen (secondary N) is 2. The molecule has 0 radical (unpaired) electrons. The molecule has 2 rings (SSSR count). The third-order valence-corrected chi connectivity index (χ3v) is 4.45. The molecule has 0 bridgehead atoms. The molecule has 122 valence electrons. The monoisotopic (exact) mass is 327 g/mol. The van der Waals surface area contributed by atoms with Crippen molar-refractivity contribution in [3.63, 3.8) is 0 Å². The van der Waals surface area contributed by atoms with E-state index in [0.717, 1.165) is 19.1 Å². The van der Waals surface area contributed by atoms with E-state index >= 15 is 0 Å². The number of aromatic amines is 1. The van der Waals surface area contributed by atoms with E-state index in [4.69, 9.17) is 0 Å². The van der Waals surface area contributed by atoms with Crippen molar-refractivity contribution in [2.75, 3.05) is 25.9 Å². The number of hydrogen-bond acceptors (Lipinski definition) is 4. The van der Waals surface area contributed by atoms with Gasteiger partial charge in [0.05, 0.1) is 6.26 Å². The summed E-state index contributed by atoms with van der Waals surface area (Å²) >= 11 is 0. The molecule has 0 spiro atoms. The fraction of sp³-hybridized carbons (Fsp3) is 0.571. The van der Waals surface area contributed by atoms with Gasteiger partial charge in [0.2, 0.25) is 10.0 Å². The van der Waals surface area contributed by atoms with Gasteiger partial charge >= 0.3 is 0 Å². The molecule has 1 amide bonds. The number of sulfonamides is 1. The zero-order chi connectivity index (χ0) is 16.3. The maximum absolute atomic E-state index is 12.4. The highest BCUT2D eigenvalue weighted by atomic mass is 32.2. The minimum atomic E-state index is -3.22. The summed E-state index contributed by atoms with van der Waals surface area (Å²) in [4.78, 5) is 28.2. The van der Waals surface area contributed by atoms with Gasteiger partial charge in [-0.1, -0.05) is 0 Å². The number of piperidine rings is 1. The lowest BCUT2D eigenvalue weighted by molar-refractivity contribution is 0.0671. The van der Waals surface area contributed by atoms with Crippen LogP contribution < -0.4 is 4.72 Å². The van der Waals surface area contributed by atoms with E-state index in [1.165, 1.54) is 13.1 Å². The normalized spacial score (nSPS) is 19.2. The maximum atomic E-state index is 12.4. The van der Waals surface area contributed by atoms with Gasteiger partial charge in [-0.15, -0.1) is 0 Å². The van der Waals surface area contributed by atoms with Crippen LogP contribution in [0.15, 0.2) is 12.3 Å². The SMILES string of the molecule is CC(=O)c1c[nH]c(C(=O)N2CCC[C@H](CNS(C)(=O)=O)C2)c1. The zero-order valence-corrected chi connectivity index (χ0v) is 13.6. The van der Waals surface area contributed by atoms with Crippen molar-refractivity contribution in [3.05, 3.63) is 23.5 Å². The van der Waals surface area contributed by atoms with E-state index in [-0.39, 0.29) is 17.6 Å². The molecular weight excluding hydrogens is 306 g/mol. The highest BCUT2D eigenvalue weighted by molar-refractivity contribution is 7.88. The van der Waals surface area contributed by atoms with E-state index in [2.05, 4.69) is 9.71 Å². The predicted octanol–water partition coefficient (Wildman–Crippen LogP) is 0.619. The summed E-state index contributed by atoms with van der Waals surface area (Å²) in [6.07, 6.45) is 4.38. The number of aromatic nitrogens is 1. The predicted molar refractivity (Wildman–Crippen MR) is 82.3 cm³/mol. The number of H-pyrrole nitrogens is 1. The Hall–Kier alpha value is -1.67. The van der Waals surface area contributed by atoms with Crippen LogP contribution in [0.2, 0.25) is 0 Å². The Morgan fingerprint density at radius 3 is 2.77 bits per heavy atom. The van der Waals surface area contributed by atoms with Crippen LogP contribution in [0, 0.1) is 5.92 Å². The van der Waals surface area contributed by atoms with Crippen molar-refractivity contribution in [2.45, 2.75) is 19.8 Å². The Morgan fingerprint density at radius 2 is 2.18 bits per heavy atom. The fourth-order valence-electron chi connectivity index (χ4n) is 2.58. The van der Waals surface area contributed by atoms with Gasteiger partial charge < -0.3 is 9.88 Å². The molecule has 0 aromatic carbocycles. The zero-order valence-electron chi connectivity index (χ0n) is 12.8. The second kappa shape index (κ2) is 6.62. The summed E-state index contributed by atoms with van der Waals surface area (Å²) < 4.78 is 24.8. The number of carbonyl (C=O) groups is 2. The fourth-order valence-corrected chi connectivity index (χ4v) is 3.12. The molecule has 2 N–H and O–H groups in total. The van der Waals surface area contributed by atoms with Crippen LogP contribution in [0.25, 0.3) is 0 Å². The van der Waals surface area contributed by atoms with Crippen LogP contribution in [0.1, 0.15) is 40.6 Å². The standard InChI is InChI=1S/C14H21N3O4S/c1-10(18)12-6-13(15-8-12)14(19)17-5-3-4-11(9-17)7-16-22(2,20)21/h6,8,11,15-16H,3-5,7,9H2,1-2H3/t11-/m1/s1. The van der Waals surface area contributed by atoms with Gasteiger partial charge in [-0.2, -0.15) is 0 Å². The Balaban J connectivity index is 1.98. The topological polar surface area (TPSA) is 99.3 Å². The van der Waals surface area contributed by atoms with Gasteiger partial charge in [-0.05, 0) is 31.7 Å². The van der Waals surface area contributed by atoms with Crippen molar-refractivity contribution in [1.82, 2.24) is 14.6 Å². The summed E-state index contributed by atoms with van der Waals surface area (Å²) in [6, 6.07) is 1.56. The first-order chi connectivity index (χ1) is 10.3. The number of ketones is 1. The lowest BCUT2D eigenvalue weighted by Gasteiger charge is -2.32. The Morgan fingerprint density at radius 1 is 1.45 bits per heavy atom. The second-order valence-corrected chi connectivity index (χ2v) is 7.57. The molecule has 1 aromatic rings. The molecule has 1 atom stereocenters. The first-order valence-electron chi connectivity index (χ1n) is 7.19. The van der Waals surface area contributed by atoms with Crippen molar-refractivity contribution in [3.8, 4) is 0 Å². The first-order valence-corrected chi connectivity index (χ1v) is 9.08. The average Bonchev–Trinajstić information content (AvgIpc) is 2.94. The van der Waals surface area contributed by atoms with Gasteiger partial charge in [0.15, 0.2) is 5.78 Å². The number of hydrogen-bond donors (Lipinski definition) is 2. The number of Topliss-reactive ketones (excluding diaryl/α,β-unsaturated/α-hetero) is 1. The minimum Gasteiger partial charge on any atom is -0.356 e. The first kappa shape index (κ1) is 16.7. The van der Waals surface area contributed by atoms with Gasteiger partial charge in [-0.25, -0.2) is 13.1 Å². The summed E-state index contributed by atoms with van der Waals surface area (Å²) in [5.41, 5.74) is 0.873. The summed E-state index contributed by atoms with van der Waals surface area (Å²) in [6.45, 7) is 2.94. The molecule has 1 aliphatic heterocycles. The van der Waals surface area contributed by atoms with Crippen molar-refractivity contribution >= 4 is 21.7 Å². The van der Waals surface area contributed by atoms with E-state index in [9.17, 15) is 18.0 Å². The van der Waals surface area contributed by atoms with E-state index in [1.54, 1.807) is 11.0 Å². The molecule has 2 heterocycles. The third-order valence-electron chi connectivity index (χ3n) is 3.76. The van der Waals surface area contributed by atoms with E-state index < -0.39 is 10.0 Å². The smallest absolute Gasteiger partial charge is 0.270 e. The molecule has 1 aliphatic rings. The van der Waals surface area contributed by atoms with Crippen LogP contribution in [0.3, 0.4) is 0 Å². The second-order valence-electron chi connectivity index (χ2n) is 5.74. The molecule has 0 saturated carbocycles. The largest absolute Gasteiger partial charge is 0.356 e.